The SMILES string of the molecule is COC(=O)N[C@]1(C)C[C@H](C(=O)N2C[C@H]3CC3(C)C2)C1. The van der Waals surface area contributed by atoms with E-state index in [1.807, 2.05) is 11.8 Å². The number of piperidine rings is 1. The Balaban J connectivity index is 1.50. The van der Waals surface area contributed by atoms with Crippen molar-refractivity contribution in [3.8, 4) is 0 Å². The molecule has 19 heavy (non-hydrogen) atoms. The molecule has 106 valence electrons. The highest BCUT2D eigenvalue weighted by Gasteiger charge is 2.58. The van der Waals surface area contributed by atoms with E-state index in [9.17, 15) is 9.59 Å². The average Bonchev–Trinajstić information content (AvgIpc) is 2.83. The number of fused-ring (bicyclic) bond motifs is 1. The summed E-state index contributed by atoms with van der Waals surface area (Å²) in [5.74, 6) is 1.08. The Morgan fingerprint density at radius 2 is 1.95 bits per heavy atom. The number of carbonyl (C=O) groups is 2. The van der Waals surface area contributed by atoms with E-state index in [2.05, 4.69) is 17.0 Å². The second kappa shape index (κ2) is 3.87. The second-order valence-electron chi connectivity index (χ2n) is 7.06. The van der Waals surface area contributed by atoms with Crippen molar-refractivity contribution in [3.05, 3.63) is 0 Å². The Morgan fingerprint density at radius 3 is 2.47 bits per heavy atom. The first kappa shape index (κ1) is 12.8. The zero-order chi connectivity index (χ0) is 13.8. The first-order chi connectivity index (χ1) is 8.85. The molecule has 5 nitrogen and oxygen atoms in total. The minimum absolute atomic E-state index is 0.0725. The van der Waals surface area contributed by atoms with E-state index < -0.39 is 6.09 Å². The normalized spacial score (nSPS) is 43.2. The Hall–Kier alpha value is -1.26. The smallest absolute Gasteiger partial charge is 0.407 e. The number of likely N-dealkylation sites (tertiary alicyclic amines) is 1. The molecule has 2 aliphatic carbocycles. The molecule has 1 heterocycles. The van der Waals surface area contributed by atoms with Crippen molar-refractivity contribution in [2.24, 2.45) is 17.3 Å². The number of amides is 2. The Bertz CT molecular complexity index is 430. The fraction of sp³-hybridized carbons (Fsp3) is 0.857. The minimum atomic E-state index is -0.414. The van der Waals surface area contributed by atoms with Gasteiger partial charge in [0.05, 0.1) is 7.11 Å². The van der Waals surface area contributed by atoms with Crippen LogP contribution in [0.4, 0.5) is 4.79 Å². The van der Waals surface area contributed by atoms with Crippen LogP contribution in [0.15, 0.2) is 0 Å². The highest BCUT2D eigenvalue weighted by molar-refractivity contribution is 5.81. The van der Waals surface area contributed by atoms with Gasteiger partial charge in [-0.25, -0.2) is 4.79 Å². The number of methoxy groups -OCH3 is 1. The van der Waals surface area contributed by atoms with Crippen LogP contribution < -0.4 is 5.32 Å². The molecule has 2 saturated carbocycles. The molecule has 0 radical (unpaired) electrons. The fourth-order valence-corrected chi connectivity index (χ4v) is 3.78. The van der Waals surface area contributed by atoms with Gasteiger partial charge in [-0.3, -0.25) is 4.79 Å². The molecule has 3 aliphatic rings. The Labute approximate surface area is 113 Å². The molecular weight excluding hydrogens is 244 g/mol. The van der Waals surface area contributed by atoms with Crippen LogP contribution in [0.3, 0.4) is 0 Å². The van der Waals surface area contributed by atoms with Gasteiger partial charge in [0.2, 0.25) is 5.91 Å². The maximum absolute atomic E-state index is 12.4. The number of ether oxygens (including phenoxy) is 1. The highest BCUT2D eigenvalue weighted by atomic mass is 16.5. The van der Waals surface area contributed by atoms with Crippen LogP contribution in [0.2, 0.25) is 0 Å². The Morgan fingerprint density at radius 1 is 1.26 bits per heavy atom. The Kier molecular flexibility index (Phi) is 2.60. The summed E-state index contributed by atoms with van der Waals surface area (Å²) in [4.78, 5) is 25.6. The van der Waals surface area contributed by atoms with E-state index in [0.717, 1.165) is 31.8 Å². The second-order valence-corrected chi connectivity index (χ2v) is 7.06. The number of carbonyl (C=O) groups excluding carboxylic acids is 2. The molecule has 0 aromatic rings. The van der Waals surface area contributed by atoms with Gasteiger partial charge in [-0.2, -0.15) is 0 Å². The number of hydrogen-bond donors (Lipinski definition) is 1. The van der Waals surface area contributed by atoms with Crippen molar-refractivity contribution in [2.45, 2.75) is 38.6 Å². The monoisotopic (exact) mass is 266 g/mol. The molecule has 5 heteroatoms. The summed E-state index contributed by atoms with van der Waals surface area (Å²) >= 11 is 0. The lowest BCUT2D eigenvalue weighted by Gasteiger charge is -2.45. The van der Waals surface area contributed by atoms with Gasteiger partial charge in [-0.1, -0.05) is 6.92 Å². The van der Waals surface area contributed by atoms with Crippen LogP contribution in [-0.4, -0.2) is 42.6 Å². The van der Waals surface area contributed by atoms with Gasteiger partial charge in [0.25, 0.3) is 0 Å². The molecule has 2 atom stereocenters. The maximum Gasteiger partial charge on any atom is 0.407 e. The van der Waals surface area contributed by atoms with Gasteiger partial charge < -0.3 is 15.0 Å². The van der Waals surface area contributed by atoms with Crippen LogP contribution in [0.1, 0.15) is 33.1 Å². The number of nitrogens with zero attached hydrogens (tertiary/aromatic N) is 1. The largest absolute Gasteiger partial charge is 0.453 e. The first-order valence-corrected chi connectivity index (χ1v) is 7.00. The maximum atomic E-state index is 12.4. The van der Waals surface area contributed by atoms with Crippen molar-refractivity contribution >= 4 is 12.0 Å². The molecule has 0 spiro atoms. The summed E-state index contributed by atoms with van der Waals surface area (Å²) in [6.45, 7) is 6.10. The van der Waals surface area contributed by atoms with Crippen LogP contribution in [0, 0.1) is 17.3 Å². The van der Waals surface area contributed by atoms with Crippen LogP contribution >= 0.6 is 0 Å². The van der Waals surface area contributed by atoms with Gasteiger partial charge in [-0.15, -0.1) is 0 Å². The van der Waals surface area contributed by atoms with Crippen molar-refractivity contribution in [1.82, 2.24) is 10.2 Å². The lowest BCUT2D eigenvalue weighted by Crippen LogP contribution is -2.58. The van der Waals surface area contributed by atoms with E-state index in [1.54, 1.807) is 0 Å². The number of alkyl carbamates (subject to hydrolysis) is 1. The zero-order valence-corrected chi connectivity index (χ0v) is 11.9. The number of rotatable bonds is 2. The average molecular weight is 266 g/mol. The summed E-state index contributed by atoms with van der Waals surface area (Å²) in [6.07, 6.45) is 2.31. The van der Waals surface area contributed by atoms with E-state index in [1.165, 1.54) is 13.5 Å². The zero-order valence-electron chi connectivity index (χ0n) is 11.9. The van der Waals surface area contributed by atoms with Crippen molar-refractivity contribution in [2.75, 3.05) is 20.2 Å². The van der Waals surface area contributed by atoms with Crippen molar-refractivity contribution in [3.63, 3.8) is 0 Å². The van der Waals surface area contributed by atoms with Crippen LogP contribution in [0.25, 0.3) is 0 Å². The molecule has 3 fully saturated rings. The van der Waals surface area contributed by atoms with Crippen LogP contribution in [-0.2, 0) is 9.53 Å². The van der Waals surface area contributed by atoms with Gasteiger partial charge in [0, 0.05) is 24.5 Å². The lowest BCUT2D eigenvalue weighted by atomic mass is 9.69. The van der Waals surface area contributed by atoms with Gasteiger partial charge in [-0.05, 0) is 37.5 Å². The molecule has 0 aromatic heterocycles. The molecular formula is C14H22N2O3. The minimum Gasteiger partial charge on any atom is -0.453 e. The highest BCUT2D eigenvalue weighted by Crippen LogP contribution is 2.57. The number of nitrogens with one attached hydrogen (secondary N) is 1. The standard InChI is InChI=1S/C14H22N2O3/c1-13-6-10(13)7-16(8-13)11(17)9-4-14(2,5-9)15-12(18)19-3/h9-10H,4-8H2,1-3H3,(H,15,18)/t9-,10-,13?,14+/m1/s1. The summed E-state index contributed by atoms with van der Waals surface area (Å²) in [7, 11) is 1.36. The third kappa shape index (κ3) is 2.09. The first-order valence-electron chi connectivity index (χ1n) is 7.00. The quantitative estimate of drug-likeness (QED) is 0.821. The molecule has 1 saturated heterocycles. The summed E-state index contributed by atoms with van der Waals surface area (Å²) < 4.78 is 4.61. The predicted molar refractivity (Wildman–Crippen MR) is 69.5 cm³/mol. The van der Waals surface area contributed by atoms with E-state index in [-0.39, 0.29) is 17.4 Å². The number of hydrogen-bond acceptors (Lipinski definition) is 3. The van der Waals surface area contributed by atoms with Crippen LogP contribution in [0.5, 0.6) is 0 Å². The molecule has 0 aromatic carbocycles. The topological polar surface area (TPSA) is 58.6 Å². The molecule has 1 unspecified atom stereocenters. The molecule has 2 amide bonds. The van der Waals surface area contributed by atoms with Gasteiger partial charge in [0.15, 0.2) is 0 Å². The molecule has 1 N–H and O–H groups in total. The van der Waals surface area contributed by atoms with Crippen molar-refractivity contribution < 1.29 is 14.3 Å². The summed E-state index contributed by atoms with van der Waals surface area (Å²) in [6, 6.07) is 0. The van der Waals surface area contributed by atoms with Gasteiger partial charge in [0.1, 0.15) is 0 Å². The third-order valence-electron chi connectivity index (χ3n) is 5.18. The molecule has 1 aliphatic heterocycles. The third-order valence-corrected chi connectivity index (χ3v) is 5.18. The fourth-order valence-electron chi connectivity index (χ4n) is 3.78. The summed E-state index contributed by atoms with van der Waals surface area (Å²) in [5.41, 5.74) is 0.132. The summed E-state index contributed by atoms with van der Waals surface area (Å²) in [5, 5.41) is 2.81. The predicted octanol–water partition coefficient (Wildman–Crippen LogP) is 1.38. The van der Waals surface area contributed by atoms with Gasteiger partial charge >= 0.3 is 6.09 Å². The molecule has 3 rings (SSSR count). The van der Waals surface area contributed by atoms with E-state index >= 15 is 0 Å². The van der Waals surface area contributed by atoms with E-state index in [0.29, 0.717) is 5.41 Å². The molecule has 0 bridgehead atoms. The van der Waals surface area contributed by atoms with Crippen molar-refractivity contribution in [1.29, 1.82) is 0 Å². The van der Waals surface area contributed by atoms with E-state index in [4.69, 9.17) is 0 Å². The lowest BCUT2D eigenvalue weighted by molar-refractivity contribution is -0.140.